The Morgan fingerprint density at radius 1 is 1.14 bits per heavy atom. The zero-order valence-electron chi connectivity index (χ0n) is 19.5. The molecule has 0 spiro atoms. The van der Waals surface area contributed by atoms with Crippen molar-refractivity contribution >= 4 is 26.8 Å². The summed E-state index contributed by atoms with van der Waals surface area (Å²) >= 11 is 0. The SMILES string of the molecule is Cc1cc(COc2ccc(S(=O)(=O)N(C)[C@H]3C4C=CC(C4)[C@H]3C(=O)NO)cc2)c2ccccc2n1. The molecule has 2 bridgehead atoms. The lowest BCUT2D eigenvalue weighted by molar-refractivity contribution is -0.135. The van der Waals surface area contributed by atoms with E-state index in [1.165, 1.54) is 23.5 Å². The van der Waals surface area contributed by atoms with E-state index in [1.54, 1.807) is 17.6 Å². The molecule has 35 heavy (non-hydrogen) atoms. The summed E-state index contributed by atoms with van der Waals surface area (Å²) in [6, 6.07) is 15.6. The number of para-hydroxylation sites is 1. The van der Waals surface area contributed by atoms with Crippen LogP contribution in [0.4, 0.5) is 0 Å². The monoisotopic (exact) mass is 493 g/mol. The standard InChI is InChI=1S/C26H27N3O5S/c1-16-13-19(22-5-3-4-6-23(22)27-16)15-34-20-9-11-21(12-10-20)35(32,33)29(2)25-18-8-7-17(14-18)24(25)26(30)28-31/h3-13,17-18,24-25,31H,14-15H2,1-2H3,(H,28,30)/t17?,18?,24-,25+/m1/s1. The maximum absolute atomic E-state index is 13.4. The van der Waals surface area contributed by atoms with Gasteiger partial charge in [0.05, 0.1) is 16.3 Å². The number of sulfonamides is 1. The van der Waals surface area contributed by atoms with Crippen LogP contribution >= 0.6 is 0 Å². The van der Waals surface area contributed by atoms with Gasteiger partial charge in [-0.25, -0.2) is 13.9 Å². The first kappa shape index (κ1) is 23.5. The fraction of sp³-hybridized carbons (Fsp3) is 0.308. The van der Waals surface area contributed by atoms with Gasteiger partial charge in [0.2, 0.25) is 15.9 Å². The third kappa shape index (κ3) is 4.20. The fourth-order valence-electron chi connectivity index (χ4n) is 5.43. The quantitative estimate of drug-likeness (QED) is 0.297. The minimum atomic E-state index is -3.86. The Bertz CT molecular complexity index is 1400. The minimum Gasteiger partial charge on any atom is -0.489 e. The van der Waals surface area contributed by atoms with Crippen molar-refractivity contribution < 1.29 is 23.2 Å². The third-order valence-electron chi connectivity index (χ3n) is 7.08. The highest BCUT2D eigenvalue weighted by atomic mass is 32.2. The fourth-order valence-corrected chi connectivity index (χ4v) is 6.85. The summed E-state index contributed by atoms with van der Waals surface area (Å²) in [6.07, 6.45) is 4.59. The van der Waals surface area contributed by atoms with E-state index in [9.17, 15) is 18.4 Å². The average molecular weight is 494 g/mol. The first-order valence-corrected chi connectivity index (χ1v) is 12.9. The van der Waals surface area contributed by atoms with E-state index in [0.29, 0.717) is 18.8 Å². The molecule has 2 N–H and O–H groups in total. The molecule has 5 rings (SSSR count). The average Bonchev–Trinajstić information content (AvgIpc) is 3.48. The number of aromatic nitrogens is 1. The highest BCUT2D eigenvalue weighted by Crippen LogP contribution is 2.47. The number of aryl methyl sites for hydroxylation is 1. The van der Waals surface area contributed by atoms with Gasteiger partial charge in [-0.1, -0.05) is 30.4 Å². The van der Waals surface area contributed by atoms with Gasteiger partial charge >= 0.3 is 0 Å². The number of ether oxygens (including phenoxy) is 1. The van der Waals surface area contributed by atoms with Gasteiger partial charge in [0.1, 0.15) is 12.4 Å². The molecule has 0 radical (unpaired) electrons. The topological polar surface area (TPSA) is 109 Å². The molecule has 1 saturated carbocycles. The lowest BCUT2D eigenvalue weighted by Gasteiger charge is -2.33. The van der Waals surface area contributed by atoms with E-state index in [2.05, 4.69) is 4.98 Å². The summed E-state index contributed by atoms with van der Waals surface area (Å²) in [6.45, 7) is 2.26. The van der Waals surface area contributed by atoms with E-state index in [1.807, 2.05) is 49.4 Å². The van der Waals surface area contributed by atoms with Gasteiger partial charge in [-0.05, 0) is 61.6 Å². The lowest BCUT2D eigenvalue weighted by atomic mass is 9.88. The Hall–Kier alpha value is -3.27. The van der Waals surface area contributed by atoms with E-state index in [0.717, 1.165) is 22.2 Å². The molecule has 1 aromatic heterocycles. The van der Waals surface area contributed by atoms with Crippen LogP contribution in [0.25, 0.3) is 10.9 Å². The zero-order chi connectivity index (χ0) is 24.7. The summed E-state index contributed by atoms with van der Waals surface area (Å²) in [5, 5.41) is 10.2. The predicted molar refractivity (Wildman–Crippen MR) is 130 cm³/mol. The van der Waals surface area contributed by atoms with Gasteiger partial charge in [0, 0.05) is 29.7 Å². The van der Waals surface area contributed by atoms with Crippen molar-refractivity contribution in [2.45, 2.75) is 30.9 Å². The van der Waals surface area contributed by atoms with Crippen LogP contribution in [0.15, 0.2) is 71.6 Å². The number of carbonyl (C=O) groups is 1. The summed E-state index contributed by atoms with van der Waals surface area (Å²) in [7, 11) is -2.37. The van der Waals surface area contributed by atoms with Crippen LogP contribution in [0.1, 0.15) is 17.7 Å². The molecule has 1 amide bonds. The summed E-state index contributed by atoms with van der Waals surface area (Å²) in [5.74, 6) is -0.792. The Labute approximate surface area is 204 Å². The molecule has 1 heterocycles. The van der Waals surface area contributed by atoms with Crippen molar-refractivity contribution in [3.63, 3.8) is 0 Å². The third-order valence-corrected chi connectivity index (χ3v) is 8.95. The number of allylic oxidation sites excluding steroid dienone is 1. The number of fused-ring (bicyclic) bond motifs is 3. The van der Waals surface area contributed by atoms with Crippen molar-refractivity contribution in [1.82, 2.24) is 14.8 Å². The molecule has 2 aliphatic carbocycles. The van der Waals surface area contributed by atoms with Crippen molar-refractivity contribution in [3.05, 3.63) is 78.0 Å². The van der Waals surface area contributed by atoms with Crippen LogP contribution in [-0.4, -0.2) is 41.9 Å². The predicted octanol–water partition coefficient (Wildman–Crippen LogP) is 3.44. The molecule has 0 saturated heterocycles. The largest absolute Gasteiger partial charge is 0.489 e. The molecule has 1 fully saturated rings. The van der Waals surface area contributed by atoms with Crippen LogP contribution in [0.5, 0.6) is 5.75 Å². The second-order valence-corrected chi connectivity index (χ2v) is 11.2. The summed E-state index contributed by atoms with van der Waals surface area (Å²) < 4.78 is 34.0. The van der Waals surface area contributed by atoms with Crippen LogP contribution in [0.2, 0.25) is 0 Å². The van der Waals surface area contributed by atoms with Gasteiger partial charge in [-0.15, -0.1) is 0 Å². The van der Waals surface area contributed by atoms with E-state index < -0.39 is 27.9 Å². The van der Waals surface area contributed by atoms with Crippen molar-refractivity contribution in [2.24, 2.45) is 17.8 Å². The van der Waals surface area contributed by atoms with Gasteiger partial charge in [-0.2, -0.15) is 4.31 Å². The van der Waals surface area contributed by atoms with Crippen molar-refractivity contribution in [2.75, 3.05) is 7.05 Å². The first-order chi connectivity index (χ1) is 16.8. The molecule has 9 heteroatoms. The molecule has 4 atom stereocenters. The van der Waals surface area contributed by atoms with Crippen LogP contribution < -0.4 is 10.2 Å². The number of amides is 1. The molecular formula is C26H27N3O5S. The second kappa shape index (κ2) is 9.07. The molecule has 8 nitrogen and oxygen atoms in total. The summed E-state index contributed by atoms with van der Waals surface area (Å²) in [5.41, 5.74) is 4.51. The van der Waals surface area contributed by atoms with Crippen LogP contribution in [-0.2, 0) is 21.4 Å². The van der Waals surface area contributed by atoms with Crippen molar-refractivity contribution in [1.29, 1.82) is 0 Å². The molecule has 182 valence electrons. The minimum absolute atomic E-state index is 0.0664. The smallest absolute Gasteiger partial charge is 0.248 e. The number of nitrogens with zero attached hydrogens (tertiary/aromatic N) is 2. The lowest BCUT2D eigenvalue weighted by Crippen LogP contribution is -2.49. The molecule has 2 aromatic carbocycles. The van der Waals surface area contributed by atoms with E-state index in [-0.39, 0.29) is 16.7 Å². The van der Waals surface area contributed by atoms with Crippen molar-refractivity contribution in [3.8, 4) is 5.75 Å². The number of hydrogen-bond acceptors (Lipinski definition) is 6. The van der Waals surface area contributed by atoms with Gasteiger partial charge in [-0.3, -0.25) is 15.0 Å². The number of hydrogen-bond donors (Lipinski definition) is 2. The Balaban J connectivity index is 1.33. The Morgan fingerprint density at radius 3 is 2.60 bits per heavy atom. The second-order valence-electron chi connectivity index (χ2n) is 9.16. The first-order valence-electron chi connectivity index (χ1n) is 11.5. The van der Waals surface area contributed by atoms with Gasteiger partial charge in [0.25, 0.3) is 0 Å². The van der Waals surface area contributed by atoms with Gasteiger partial charge < -0.3 is 4.74 Å². The Kier molecular flexibility index (Phi) is 6.08. The number of carbonyl (C=O) groups excluding carboxylic acids is 1. The number of hydroxylamine groups is 1. The molecular weight excluding hydrogens is 466 g/mol. The molecule has 0 aliphatic heterocycles. The number of nitrogens with one attached hydrogen (secondary N) is 1. The number of benzene rings is 2. The van der Waals surface area contributed by atoms with Crippen LogP contribution in [0, 0.1) is 24.7 Å². The van der Waals surface area contributed by atoms with Gasteiger partial charge in [0.15, 0.2) is 0 Å². The maximum Gasteiger partial charge on any atom is 0.248 e. The highest BCUT2D eigenvalue weighted by Gasteiger charge is 2.52. The summed E-state index contributed by atoms with van der Waals surface area (Å²) in [4.78, 5) is 16.9. The van der Waals surface area contributed by atoms with E-state index in [4.69, 9.17) is 4.74 Å². The van der Waals surface area contributed by atoms with E-state index >= 15 is 0 Å². The zero-order valence-corrected chi connectivity index (χ0v) is 20.3. The normalized spacial score (nSPS) is 23.2. The molecule has 2 aliphatic rings. The highest BCUT2D eigenvalue weighted by molar-refractivity contribution is 7.89. The Morgan fingerprint density at radius 2 is 1.86 bits per heavy atom. The number of rotatable bonds is 7. The maximum atomic E-state index is 13.4. The van der Waals surface area contributed by atoms with Crippen LogP contribution in [0.3, 0.4) is 0 Å². The molecule has 3 aromatic rings. The molecule has 2 unspecified atom stereocenters. The number of pyridine rings is 1.